The van der Waals surface area contributed by atoms with E-state index in [-0.39, 0.29) is 18.7 Å². The molecule has 0 spiro atoms. The molecule has 172 valence electrons. The zero-order valence-electron chi connectivity index (χ0n) is 17.5. The number of methoxy groups -OCH3 is 1. The van der Waals surface area contributed by atoms with Gasteiger partial charge in [-0.15, -0.1) is 0 Å². The molecule has 0 aromatic heterocycles. The lowest BCUT2D eigenvalue weighted by atomic mass is 9.83. The predicted octanol–water partition coefficient (Wildman–Crippen LogP) is 3.00. The third kappa shape index (κ3) is 6.86. The maximum absolute atomic E-state index is 12.8. The van der Waals surface area contributed by atoms with Crippen LogP contribution in [0.25, 0.3) is 0 Å². The topological polar surface area (TPSA) is 84.9 Å². The third-order valence-corrected chi connectivity index (χ3v) is 5.05. The van der Waals surface area contributed by atoms with Crippen LogP contribution in [0.3, 0.4) is 0 Å². The monoisotopic (exact) mass is 444 g/mol. The molecule has 31 heavy (non-hydrogen) atoms. The smallest absolute Gasteiger partial charge is 0.405 e. The number of likely N-dealkylation sites (tertiary alicyclic amines) is 1. The van der Waals surface area contributed by atoms with Crippen molar-refractivity contribution in [1.29, 1.82) is 0 Å². The fourth-order valence-electron chi connectivity index (χ4n) is 3.58. The number of carbonyl (C=O) groups excluding carboxylic acids is 3. The molecule has 1 aliphatic heterocycles. The van der Waals surface area contributed by atoms with Crippen molar-refractivity contribution in [3.8, 4) is 5.75 Å². The van der Waals surface area contributed by atoms with Gasteiger partial charge >= 0.3 is 12.1 Å². The van der Waals surface area contributed by atoms with Crippen LogP contribution in [-0.2, 0) is 19.1 Å². The van der Waals surface area contributed by atoms with E-state index in [0.29, 0.717) is 17.9 Å². The number of nitrogens with zero attached hydrogens (tertiary/aromatic N) is 1. The second-order valence-electron chi connectivity index (χ2n) is 7.27. The minimum atomic E-state index is -4.56. The summed E-state index contributed by atoms with van der Waals surface area (Å²) in [5.41, 5.74) is 0.637. The molecular weight excluding hydrogens is 417 g/mol. The van der Waals surface area contributed by atoms with Gasteiger partial charge in [0.15, 0.2) is 6.61 Å². The molecule has 0 aliphatic carbocycles. The Morgan fingerprint density at radius 3 is 2.61 bits per heavy atom. The number of alkyl halides is 3. The zero-order valence-corrected chi connectivity index (χ0v) is 17.5. The van der Waals surface area contributed by atoms with Crippen molar-refractivity contribution in [3.63, 3.8) is 0 Å². The number of piperidine rings is 1. The van der Waals surface area contributed by atoms with Crippen molar-refractivity contribution in [2.24, 2.45) is 5.92 Å². The summed E-state index contributed by atoms with van der Waals surface area (Å²) in [6.45, 7) is 0.0919. The molecule has 0 saturated carbocycles. The van der Waals surface area contributed by atoms with E-state index in [9.17, 15) is 27.6 Å². The molecule has 1 aliphatic rings. The average Bonchev–Trinajstić information content (AvgIpc) is 2.74. The van der Waals surface area contributed by atoms with Gasteiger partial charge in [0.1, 0.15) is 12.3 Å². The Kier molecular flexibility index (Phi) is 8.70. The van der Waals surface area contributed by atoms with Gasteiger partial charge in [-0.25, -0.2) is 0 Å². The first kappa shape index (κ1) is 24.5. The summed E-state index contributed by atoms with van der Waals surface area (Å²) in [6.07, 6.45) is -2.64. The minimum Gasteiger partial charge on any atom is -0.496 e. The van der Waals surface area contributed by atoms with E-state index in [1.807, 2.05) is 6.92 Å². The molecule has 1 saturated heterocycles. The molecule has 1 aromatic carbocycles. The second kappa shape index (κ2) is 11.0. The lowest BCUT2D eigenvalue weighted by Gasteiger charge is -2.40. The Hall–Kier alpha value is -2.78. The number of amides is 2. The highest BCUT2D eigenvalue weighted by molar-refractivity contribution is 5.84. The number of esters is 1. The quantitative estimate of drug-likeness (QED) is 0.592. The van der Waals surface area contributed by atoms with Gasteiger partial charge in [0.2, 0.25) is 5.91 Å². The number of hydrogen-bond donors (Lipinski definition) is 1. The molecule has 2 amide bonds. The van der Waals surface area contributed by atoms with E-state index in [4.69, 9.17) is 9.47 Å². The second-order valence-corrected chi connectivity index (χ2v) is 7.27. The van der Waals surface area contributed by atoms with Crippen LogP contribution in [0.5, 0.6) is 5.75 Å². The molecule has 2 rings (SSSR count). The van der Waals surface area contributed by atoms with Crippen LogP contribution in [0.2, 0.25) is 0 Å². The molecule has 1 aromatic rings. The zero-order chi connectivity index (χ0) is 23.0. The third-order valence-electron chi connectivity index (χ3n) is 5.05. The van der Waals surface area contributed by atoms with E-state index >= 15 is 0 Å². The van der Waals surface area contributed by atoms with Crippen LogP contribution in [-0.4, -0.2) is 55.7 Å². The Balaban J connectivity index is 2.21. The van der Waals surface area contributed by atoms with Crippen molar-refractivity contribution >= 4 is 17.8 Å². The Bertz CT molecular complexity index is 785. The Morgan fingerprint density at radius 2 is 1.97 bits per heavy atom. The van der Waals surface area contributed by atoms with Gasteiger partial charge in [0.05, 0.1) is 19.1 Å². The van der Waals surface area contributed by atoms with Crippen molar-refractivity contribution in [2.45, 2.75) is 44.8 Å². The van der Waals surface area contributed by atoms with Gasteiger partial charge in [-0.3, -0.25) is 14.4 Å². The molecule has 2 unspecified atom stereocenters. The summed E-state index contributed by atoms with van der Waals surface area (Å²) in [5, 5.41) is 1.66. The standard InChI is InChI=1S/C21H27F3N2O5/c1-3-4-11-26-18(28)10-9-15(19(26)14-7-5-6-8-16(14)30-2)20(29)31-12-17(27)25-13-21(22,23)24/h5-8,15,19H,3-4,9-13H2,1-2H3,(H,25,27). The highest BCUT2D eigenvalue weighted by Crippen LogP contribution is 2.41. The van der Waals surface area contributed by atoms with Crippen LogP contribution < -0.4 is 10.1 Å². The molecule has 0 radical (unpaired) electrons. The predicted molar refractivity (Wildman–Crippen MR) is 105 cm³/mol. The van der Waals surface area contributed by atoms with Gasteiger partial charge in [0, 0.05) is 18.5 Å². The summed E-state index contributed by atoms with van der Waals surface area (Å²) in [6, 6.07) is 6.36. The molecule has 1 N–H and O–H groups in total. The lowest BCUT2D eigenvalue weighted by molar-refractivity contribution is -0.160. The number of unbranched alkanes of at least 4 members (excludes halogenated alkanes) is 1. The van der Waals surface area contributed by atoms with E-state index in [1.54, 1.807) is 34.5 Å². The first-order valence-electron chi connectivity index (χ1n) is 10.1. The first-order chi connectivity index (χ1) is 14.7. The van der Waals surface area contributed by atoms with Crippen molar-refractivity contribution in [3.05, 3.63) is 29.8 Å². The molecule has 2 atom stereocenters. The Morgan fingerprint density at radius 1 is 1.26 bits per heavy atom. The normalized spacial score (nSPS) is 19.1. The summed E-state index contributed by atoms with van der Waals surface area (Å²) in [7, 11) is 1.48. The molecule has 10 heteroatoms. The first-order valence-corrected chi connectivity index (χ1v) is 10.1. The van der Waals surface area contributed by atoms with Crippen LogP contribution >= 0.6 is 0 Å². The Labute approximate surface area is 178 Å². The largest absolute Gasteiger partial charge is 0.496 e. The van der Waals surface area contributed by atoms with Crippen molar-refractivity contribution in [1.82, 2.24) is 10.2 Å². The summed E-state index contributed by atoms with van der Waals surface area (Å²) in [4.78, 5) is 38.7. The maximum atomic E-state index is 12.8. The maximum Gasteiger partial charge on any atom is 0.405 e. The molecule has 7 nitrogen and oxygen atoms in total. The number of carbonyl (C=O) groups is 3. The highest BCUT2D eigenvalue weighted by atomic mass is 19.4. The average molecular weight is 444 g/mol. The summed E-state index contributed by atoms with van der Waals surface area (Å²) in [5.74, 6) is -2.16. The van der Waals surface area contributed by atoms with Gasteiger partial charge in [-0.2, -0.15) is 13.2 Å². The van der Waals surface area contributed by atoms with Crippen LogP contribution in [0.1, 0.15) is 44.2 Å². The van der Waals surface area contributed by atoms with E-state index < -0.39 is 43.2 Å². The van der Waals surface area contributed by atoms with Gasteiger partial charge in [-0.1, -0.05) is 31.5 Å². The van der Waals surface area contributed by atoms with Crippen LogP contribution in [0.4, 0.5) is 13.2 Å². The van der Waals surface area contributed by atoms with Crippen LogP contribution in [0.15, 0.2) is 24.3 Å². The fraction of sp³-hybridized carbons (Fsp3) is 0.571. The number of para-hydroxylation sites is 1. The summed E-state index contributed by atoms with van der Waals surface area (Å²) < 4.78 is 47.1. The van der Waals surface area contributed by atoms with E-state index in [0.717, 1.165) is 12.8 Å². The summed E-state index contributed by atoms with van der Waals surface area (Å²) >= 11 is 0. The fourth-order valence-corrected chi connectivity index (χ4v) is 3.58. The van der Waals surface area contributed by atoms with Crippen molar-refractivity contribution in [2.75, 3.05) is 26.8 Å². The number of hydrogen-bond acceptors (Lipinski definition) is 5. The van der Waals surface area contributed by atoms with Gasteiger partial charge < -0.3 is 19.7 Å². The van der Waals surface area contributed by atoms with Gasteiger partial charge in [-0.05, 0) is 18.9 Å². The molecular formula is C21H27F3N2O5. The highest BCUT2D eigenvalue weighted by Gasteiger charge is 2.42. The molecule has 1 heterocycles. The van der Waals surface area contributed by atoms with Crippen LogP contribution in [0, 0.1) is 5.92 Å². The number of ether oxygens (including phenoxy) is 2. The van der Waals surface area contributed by atoms with Gasteiger partial charge in [0.25, 0.3) is 5.91 Å². The lowest BCUT2D eigenvalue weighted by Crippen LogP contribution is -2.46. The van der Waals surface area contributed by atoms with E-state index in [1.165, 1.54) is 7.11 Å². The SMILES string of the molecule is CCCCN1C(=O)CCC(C(=O)OCC(=O)NCC(F)(F)F)C1c1ccccc1OC. The number of benzene rings is 1. The molecule has 0 bridgehead atoms. The number of rotatable bonds is 9. The van der Waals surface area contributed by atoms with E-state index in [2.05, 4.69) is 0 Å². The minimum absolute atomic E-state index is 0.101. The van der Waals surface area contributed by atoms with Crippen molar-refractivity contribution < 1.29 is 37.0 Å². The number of nitrogens with one attached hydrogen (secondary N) is 1. The number of halogens is 3. The molecule has 1 fully saturated rings.